The predicted octanol–water partition coefficient (Wildman–Crippen LogP) is 5.49. The molecule has 3 heterocycles. The lowest BCUT2D eigenvalue weighted by molar-refractivity contribution is 0.395. The van der Waals surface area contributed by atoms with Gasteiger partial charge in [-0.1, -0.05) is 23.2 Å². The van der Waals surface area contributed by atoms with Gasteiger partial charge >= 0.3 is 0 Å². The van der Waals surface area contributed by atoms with Crippen LogP contribution in [0.4, 0.5) is 0 Å². The van der Waals surface area contributed by atoms with Gasteiger partial charge in [-0.2, -0.15) is 10.4 Å². The van der Waals surface area contributed by atoms with Crippen molar-refractivity contribution in [2.75, 3.05) is 14.2 Å². The smallest absolute Gasteiger partial charge is 0.259 e. The lowest BCUT2D eigenvalue weighted by atomic mass is 10.0. The monoisotopic (exact) mass is 511 g/mol. The van der Waals surface area contributed by atoms with E-state index in [0.29, 0.717) is 47.8 Å². The maximum Gasteiger partial charge on any atom is 0.259 e. The Bertz CT molecular complexity index is 1510. The second kappa shape index (κ2) is 9.98. The predicted molar refractivity (Wildman–Crippen MR) is 136 cm³/mol. The molecule has 35 heavy (non-hydrogen) atoms. The van der Waals surface area contributed by atoms with Gasteiger partial charge < -0.3 is 14.0 Å². The van der Waals surface area contributed by atoms with Crippen molar-refractivity contribution in [3.63, 3.8) is 0 Å². The molecular formula is C25H23Cl2N5O3. The van der Waals surface area contributed by atoms with Gasteiger partial charge in [0.25, 0.3) is 5.56 Å². The molecule has 0 saturated heterocycles. The number of nitrogens with zero attached hydrogens (tertiary/aromatic N) is 5. The highest BCUT2D eigenvalue weighted by molar-refractivity contribution is 6.41. The molecule has 180 valence electrons. The topological polar surface area (TPSA) is 95.0 Å². The lowest BCUT2D eigenvalue weighted by Gasteiger charge is -2.17. The van der Waals surface area contributed by atoms with Crippen molar-refractivity contribution in [2.45, 2.75) is 33.4 Å². The number of nitriles is 1. The van der Waals surface area contributed by atoms with Gasteiger partial charge in [-0.3, -0.25) is 14.5 Å². The van der Waals surface area contributed by atoms with E-state index in [4.69, 9.17) is 37.9 Å². The third kappa shape index (κ3) is 4.22. The number of aromatic nitrogens is 4. The Balaban J connectivity index is 1.94. The van der Waals surface area contributed by atoms with Crippen LogP contribution in [0.3, 0.4) is 0 Å². The van der Waals surface area contributed by atoms with E-state index in [0.717, 1.165) is 22.2 Å². The van der Waals surface area contributed by atoms with Crippen LogP contribution in [0.5, 0.6) is 11.5 Å². The van der Waals surface area contributed by atoms with Crippen LogP contribution in [0.15, 0.2) is 35.4 Å². The van der Waals surface area contributed by atoms with Crippen LogP contribution >= 0.6 is 23.2 Å². The molecule has 0 fully saturated rings. The van der Waals surface area contributed by atoms with Crippen molar-refractivity contribution in [2.24, 2.45) is 0 Å². The maximum atomic E-state index is 13.7. The van der Waals surface area contributed by atoms with Crippen molar-refractivity contribution in [1.29, 1.82) is 5.26 Å². The summed E-state index contributed by atoms with van der Waals surface area (Å²) in [6.45, 7) is 4.75. The number of pyridine rings is 2. The average molecular weight is 512 g/mol. The minimum Gasteiger partial charge on any atom is -0.495 e. The molecule has 0 aliphatic heterocycles. The lowest BCUT2D eigenvalue weighted by Crippen LogP contribution is -2.21. The SMILES string of the molecule is CCn1c(=O)c(-c2c(Cl)c(OC)cc(OC)c2Cl)cc2cnc(-c3cnn(CCC#N)c3C)cc21. The summed E-state index contributed by atoms with van der Waals surface area (Å²) in [6.07, 6.45) is 3.81. The third-order valence-corrected chi connectivity index (χ3v) is 6.70. The normalized spacial score (nSPS) is 11.0. The molecule has 3 aromatic heterocycles. The number of hydrogen-bond acceptors (Lipinski definition) is 6. The molecule has 0 amide bonds. The summed E-state index contributed by atoms with van der Waals surface area (Å²) in [5, 5.41) is 14.4. The van der Waals surface area contributed by atoms with Crippen molar-refractivity contribution >= 4 is 34.1 Å². The van der Waals surface area contributed by atoms with E-state index < -0.39 is 0 Å². The summed E-state index contributed by atoms with van der Waals surface area (Å²) in [6, 6.07) is 7.32. The Morgan fingerprint density at radius 3 is 2.34 bits per heavy atom. The summed E-state index contributed by atoms with van der Waals surface area (Å²) in [4.78, 5) is 18.3. The highest BCUT2D eigenvalue weighted by Crippen LogP contribution is 2.45. The van der Waals surface area contributed by atoms with E-state index >= 15 is 0 Å². The van der Waals surface area contributed by atoms with Gasteiger partial charge in [-0.05, 0) is 26.0 Å². The zero-order valence-corrected chi connectivity index (χ0v) is 21.2. The molecule has 1 aromatic carbocycles. The molecule has 4 rings (SSSR count). The fourth-order valence-corrected chi connectivity index (χ4v) is 4.82. The van der Waals surface area contributed by atoms with E-state index in [9.17, 15) is 4.79 Å². The first-order valence-corrected chi connectivity index (χ1v) is 11.6. The largest absolute Gasteiger partial charge is 0.495 e. The van der Waals surface area contributed by atoms with Gasteiger partial charge in [-0.25, -0.2) is 0 Å². The van der Waals surface area contributed by atoms with Crippen LogP contribution < -0.4 is 15.0 Å². The van der Waals surface area contributed by atoms with Crippen LogP contribution in [-0.4, -0.2) is 33.6 Å². The Morgan fingerprint density at radius 1 is 1.06 bits per heavy atom. The van der Waals surface area contributed by atoms with Crippen LogP contribution in [0.25, 0.3) is 33.3 Å². The van der Waals surface area contributed by atoms with Gasteiger partial charge in [0.1, 0.15) is 11.5 Å². The number of rotatable bonds is 7. The summed E-state index contributed by atoms with van der Waals surface area (Å²) in [7, 11) is 2.97. The average Bonchev–Trinajstić information content (AvgIpc) is 3.23. The van der Waals surface area contributed by atoms with Crippen molar-refractivity contribution in [3.8, 4) is 40.0 Å². The number of fused-ring (bicyclic) bond motifs is 1. The maximum absolute atomic E-state index is 13.7. The standard InChI is InChI=1S/C25H23Cl2N5O3/c1-5-31-19-10-18(17-13-30-32(14(17)2)8-6-7-28)29-12-15(19)9-16(25(31)33)22-23(26)20(34-3)11-21(35-4)24(22)27/h9-13H,5-6,8H2,1-4H3. The number of benzene rings is 1. The molecule has 0 radical (unpaired) electrons. The zero-order chi connectivity index (χ0) is 25.3. The van der Waals surface area contributed by atoms with E-state index in [1.807, 2.05) is 19.9 Å². The summed E-state index contributed by atoms with van der Waals surface area (Å²) < 4.78 is 14.2. The quantitative estimate of drug-likeness (QED) is 0.325. The highest BCUT2D eigenvalue weighted by atomic mass is 35.5. The first kappa shape index (κ1) is 24.6. The van der Waals surface area contributed by atoms with Gasteiger partial charge in [0.05, 0.1) is 66.3 Å². The van der Waals surface area contributed by atoms with E-state index in [1.165, 1.54) is 14.2 Å². The first-order chi connectivity index (χ1) is 16.9. The molecule has 8 nitrogen and oxygen atoms in total. The molecule has 0 aliphatic rings. The van der Waals surface area contributed by atoms with Gasteiger partial charge in [-0.15, -0.1) is 0 Å². The fraction of sp³-hybridized carbons (Fsp3) is 0.280. The van der Waals surface area contributed by atoms with Crippen LogP contribution in [0, 0.1) is 18.3 Å². The van der Waals surface area contributed by atoms with Gasteiger partial charge in [0, 0.05) is 41.0 Å². The molecular weight excluding hydrogens is 489 g/mol. The van der Waals surface area contributed by atoms with E-state index in [1.54, 1.807) is 33.8 Å². The number of methoxy groups -OCH3 is 2. The Labute approximate surface area is 212 Å². The summed E-state index contributed by atoms with van der Waals surface area (Å²) in [5.41, 5.74) is 3.56. The number of hydrogen-bond donors (Lipinski definition) is 0. The molecule has 0 unspecified atom stereocenters. The highest BCUT2D eigenvalue weighted by Gasteiger charge is 2.23. The van der Waals surface area contributed by atoms with Crippen molar-refractivity contribution < 1.29 is 9.47 Å². The molecule has 4 aromatic rings. The van der Waals surface area contributed by atoms with E-state index in [2.05, 4.69) is 16.2 Å². The summed E-state index contributed by atoms with van der Waals surface area (Å²) >= 11 is 13.2. The van der Waals surface area contributed by atoms with E-state index in [-0.39, 0.29) is 15.6 Å². The van der Waals surface area contributed by atoms with Crippen LogP contribution in [0.1, 0.15) is 19.0 Å². The van der Waals surface area contributed by atoms with Crippen LogP contribution in [0.2, 0.25) is 10.0 Å². The Kier molecular flexibility index (Phi) is 7.01. The molecule has 0 N–H and O–H groups in total. The molecule has 0 aliphatic carbocycles. The number of aryl methyl sites for hydroxylation is 2. The van der Waals surface area contributed by atoms with Gasteiger partial charge in [0.15, 0.2) is 0 Å². The third-order valence-electron chi connectivity index (χ3n) is 5.95. The minimum atomic E-state index is -0.252. The first-order valence-electron chi connectivity index (χ1n) is 10.9. The molecule has 0 bridgehead atoms. The minimum absolute atomic E-state index is 0.224. The Morgan fingerprint density at radius 2 is 1.74 bits per heavy atom. The second-order valence-corrected chi connectivity index (χ2v) is 8.55. The fourth-order valence-electron chi connectivity index (χ4n) is 4.11. The van der Waals surface area contributed by atoms with Crippen molar-refractivity contribution in [3.05, 3.63) is 56.7 Å². The molecule has 0 spiro atoms. The Hall–Kier alpha value is -3.54. The van der Waals surface area contributed by atoms with Gasteiger partial charge in [0.2, 0.25) is 0 Å². The number of ether oxygens (including phenoxy) is 2. The summed E-state index contributed by atoms with van der Waals surface area (Å²) in [5.74, 6) is 0.700. The molecule has 0 saturated carbocycles. The number of halogens is 2. The second-order valence-electron chi connectivity index (χ2n) is 7.79. The zero-order valence-electron chi connectivity index (χ0n) is 19.7. The van der Waals surface area contributed by atoms with Crippen LogP contribution in [-0.2, 0) is 13.1 Å². The van der Waals surface area contributed by atoms with Crippen molar-refractivity contribution in [1.82, 2.24) is 19.3 Å². The molecule has 10 heteroatoms. The molecule has 0 atom stereocenters.